The molecule has 2 nitrogen and oxygen atoms in total. The number of benzene rings is 4. The van der Waals surface area contributed by atoms with E-state index < -0.39 is 0 Å². The van der Waals surface area contributed by atoms with Gasteiger partial charge in [-0.05, 0) is 37.3 Å². The molecule has 2 heteroatoms. The topological polar surface area (TPSA) is 18.1 Å². The van der Waals surface area contributed by atoms with Crippen LogP contribution in [0.5, 0.6) is 0 Å². The third-order valence-electron chi connectivity index (χ3n) is 5.46. The minimum absolute atomic E-state index is 0.930. The summed E-state index contributed by atoms with van der Waals surface area (Å²) in [5.41, 5.74) is 6.69. The fraction of sp³-hybridized carbons (Fsp3) is 0.0400. The number of hydrogen-bond acceptors (Lipinski definition) is 1. The van der Waals surface area contributed by atoms with E-state index in [0.717, 1.165) is 11.2 Å². The lowest BCUT2D eigenvalue weighted by Crippen LogP contribution is -1.93. The Morgan fingerprint density at radius 3 is 2.19 bits per heavy atom. The predicted molar refractivity (Wildman–Crippen MR) is 113 cm³/mol. The second-order valence-electron chi connectivity index (χ2n) is 7.15. The molecule has 6 rings (SSSR count). The molecule has 0 fully saturated rings. The van der Waals surface area contributed by atoms with Crippen LogP contribution in [0.15, 0.2) is 89.3 Å². The fourth-order valence-corrected chi connectivity index (χ4v) is 4.16. The van der Waals surface area contributed by atoms with Crippen molar-refractivity contribution < 1.29 is 4.42 Å². The van der Waals surface area contributed by atoms with Crippen molar-refractivity contribution in [3.05, 3.63) is 90.5 Å². The minimum Gasteiger partial charge on any atom is -0.456 e. The van der Waals surface area contributed by atoms with Gasteiger partial charge in [0, 0.05) is 33.3 Å². The summed E-state index contributed by atoms with van der Waals surface area (Å²) >= 11 is 0. The lowest BCUT2D eigenvalue weighted by atomic mass is 10.1. The summed E-state index contributed by atoms with van der Waals surface area (Å²) < 4.78 is 8.48. The average Bonchev–Trinajstić information content (AvgIpc) is 3.22. The standard InChI is InChI=1S/C25H17NO/c1-16-10-12-17(13-11-16)26-22-8-4-2-6-18(22)20-14-21-19-7-3-5-9-24(19)27-25(21)15-23(20)26/h2-15H,1H3. The van der Waals surface area contributed by atoms with Gasteiger partial charge in [-0.3, -0.25) is 0 Å². The Labute approximate surface area is 156 Å². The van der Waals surface area contributed by atoms with E-state index in [-0.39, 0.29) is 0 Å². The van der Waals surface area contributed by atoms with Crippen LogP contribution in [0, 0.1) is 6.92 Å². The van der Waals surface area contributed by atoms with Crippen LogP contribution in [-0.4, -0.2) is 4.57 Å². The van der Waals surface area contributed by atoms with Crippen molar-refractivity contribution in [1.82, 2.24) is 4.57 Å². The molecule has 0 spiro atoms. The smallest absolute Gasteiger partial charge is 0.137 e. The Morgan fingerprint density at radius 1 is 0.593 bits per heavy atom. The summed E-state index contributed by atoms with van der Waals surface area (Å²) in [5.74, 6) is 0. The largest absolute Gasteiger partial charge is 0.456 e. The van der Waals surface area contributed by atoms with E-state index in [9.17, 15) is 0 Å². The number of furan rings is 1. The molecule has 2 heterocycles. The van der Waals surface area contributed by atoms with Crippen molar-refractivity contribution in [2.24, 2.45) is 0 Å². The molecule has 0 aliphatic rings. The number of aryl methyl sites for hydroxylation is 1. The van der Waals surface area contributed by atoms with Gasteiger partial charge in [-0.1, -0.05) is 54.1 Å². The van der Waals surface area contributed by atoms with E-state index >= 15 is 0 Å². The highest BCUT2D eigenvalue weighted by Gasteiger charge is 2.15. The molecule has 0 saturated carbocycles. The second-order valence-corrected chi connectivity index (χ2v) is 7.15. The molecule has 0 saturated heterocycles. The third kappa shape index (κ3) is 2.01. The normalized spacial score (nSPS) is 11.9. The maximum atomic E-state index is 6.15. The molecule has 0 aliphatic carbocycles. The zero-order valence-corrected chi connectivity index (χ0v) is 14.9. The molecule has 0 N–H and O–H groups in total. The van der Waals surface area contributed by atoms with Gasteiger partial charge in [0.05, 0.1) is 11.0 Å². The van der Waals surface area contributed by atoms with E-state index in [2.05, 4.69) is 84.3 Å². The maximum Gasteiger partial charge on any atom is 0.137 e. The van der Waals surface area contributed by atoms with Crippen LogP contribution < -0.4 is 0 Å². The van der Waals surface area contributed by atoms with Crippen LogP contribution in [0.25, 0.3) is 49.4 Å². The van der Waals surface area contributed by atoms with Gasteiger partial charge in [0.15, 0.2) is 0 Å². The number of aromatic nitrogens is 1. The van der Waals surface area contributed by atoms with Crippen LogP contribution in [0.4, 0.5) is 0 Å². The van der Waals surface area contributed by atoms with Gasteiger partial charge >= 0.3 is 0 Å². The Morgan fingerprint density at radius 2 is 1.33 bits per heavy atom. The summed E-state index contributed by atoms with van der Waals surface area (Å²) in [6.45, 7) is 2.12. The number of para-hydroxylation sites is 2. The molecule has 2 aromatic heterocycles. The summed E-state index contributed by atoms with van der Waals surface area (Å²) in [4.78, 5) is 0. The molecule has 0 atom stereocenters. The lowest BCUT2D eigenvalue weighted by Gasteiger charge is -2.08. The number of hydrogen-bond donors (Lipinski definition) is 0. The van der Waals surface area contributed by atoms with Crippen molar-refractivity contribution in [3.63, 3.8) is 0 Å². The van der Waals surface area contributed by atoms with Gasteiger partial charge in [0.1, 0.15) is 11.2 Å². The van der Waals surface area contributed by atoms with Crippen LogP contribution >= 0.6 is 0 Å². The lowest BCUT2D eigenvalue weighted by molar-refractivity contribution is 0.669. The summed E-state index contributed by atoms with van der Waals surface area (Å²) in [7, 11) is 0. The molecular weight excluding hydrogens is 330 g/mol. The summed E-state index contributed by atoms with van der Waals surface area (Å²) in [6, 6.07) is 30.0. The van der Waals surface area contributed by atoms with Crippen molar-refractivity contribution in [2.45, 2.75) is 6.92 Å². The number of rotatable bonds is 1. The van der Waals surface area contributed by atoms with Crippen LogP contribution in [0.3, 0.4) is 0 Å². The van der Waals surface area contributed by atoms with Crippen LogP contribution in [0.2, 0.25) is 0 Å². The van der Waals surface area contributed by atoms with Crippen LogP contribution in [-0.2, 0) is 0 Å². The molecule has 0 unspecified atom stereocenters. The Kier molecular flexibility index (Phi) is 2.84. The number of nitrogens with zero attached hydrogens (tertiary/aromatic N) is 1. The predicted octanol–water partition coefficient (Wildman–Crippen LogP) is 6.99. The quantitative estimate of drug-likeness (QED) is 0.313. The molecule has 128 valence electrons. The molecule has 4 aromatic carbocycles. The molecular formula is C25H17NO. The maximum absolute atomic E-state index is 6.15. The first kappa shape index (κ1) is 14.6. The minimum atomic E-state index is 0.930. The van der Waals surface area contributed by atoms with Crippen molar-refractivity contribution in [2.75, 3.05) is 0 Å². The zero-order chi connectivity index (χ0) is 18.0. The first-order chi connectivity index (χ1) is 13.3. The Hall–Kier alpha value is -3.52. The molecule has 0 bridgehead atoms. The Bertz CT molecular complexity index is 1470. The van der Waals surface area contributed by atoms with E-state index in [1.807, 2.05) is 12.1 Å². The number of fused-ring (bicyclic) bond motifs is 6. The fourth-order valence-electron chi connectivity index (χ4n) is 4.16. The van der Waals surface area contributed by atoms with Gasteiger partial charge < -0.3 is 8.98 Å². The van der Waals surface area contributed by atoms with Gasteiger partial charge in [-0.2, -0.15) is 0 Å². The van der Waals surface area contributed by atoms with Gasteiger partial charge in [-0.15, -0.1) is 0 Å². The second kappa shape index (κ2) is 5.24. The molecule has 0 radical (unpaired) electrons. The van der Waals surface area contributed by atoms with Crippen LogP contribution in [0.1, 0.15) is 5.56 Å². The first-order valence-corrected chi connectivity index (χ1v) is 9.21. The van der Waals surface area contributed by atoms with E-state index in [1.54, 1.807) is 0 Å². The Balaban J connectivity index is 1.81. The molecule has 0 amide bonds. The monoisotopic (exact) mass is 347 g/mol. The highest BCUT2D eigenvalue weighted by Crippen LogP contribution is 2.37. The van der Waals surface area contributed by atoms with E-state index in [0.29, 0.717) is 0 Å². The third-order valence-corrected chi connectivity index (χ3v) is 5.46. The van der Waals surface area contributed by atoms with Crippen molar-refractivity contribution in [3.8, 4) is 5.69 Å². The van der Waals surface area contributed by atoms with Gasteiger partial charge in [-0.25, -0.2) is 0 Å². The summed E-state index contributed by atoms with van der Waals surface area (Å²) in [6.07, 6.45) is 0. The highest BCUT2D eigenvalue weighted by atomic mass is 16.3. The van der Waals surface area contributed by atoms with E-state index in [1.165, 1.54) is 43.8 Å². The van der Waals surface area contributed by atoms with Crippen molar-refractivity contribution >= 4 is 43.7 Å². The zero-order valence-electron chi connectivity index (χ0n) is 14.9. The molecule has 27 heavy (non-hydrogen) atoms. The average molecular weight is 347 g/mol. The van der Waals surface area contributed by atoms with Gasteiger partial charge in [0.25, 0.3) is 0 Å². The molecule has 6 aromatic rings. The summed E-state index contributed by atoms with van der Waals surface area (Å²) in [5, 5.41) is 4.86. The first-order valence-electron chi connectivity index (χ1n) is 9.21. The molecule has 0 aliphatic heterocycles. The van der Waals surface area contributed by atoms with E-state index in [4.69, 9.17) is 4.42 Å². The SMILES string of the molecule is Cc1ccc(-n2c3ccccc3c3cc4c(cc32)oc2ccccc24)cc1. The van der Waals surface area contributed by atoms with Crippen molar-refractivity contribution in [1.29, 1.82) is 0 Å². The highest BCUT2D eigenvalue weighted by molar-refractivity contribution is 6.17. The van der Waals surface area contributed by atoms with Gasteiger partial charge in [0.2, 0.25) is 0 Å².